The Hall–Kier alpha value is -3.45. The third kappa shape index (κ3) is 3.27. The van der Waals surface area contributed by atoms with Gasteiger partial charge >= 0.3 is 5.97 Å². The first-order valence-corrected chi connectivity index (χ1v) is 8.69. The smallest absolute Gasteiger partial charge is 0.374 e. The molecule has 0 unspecified atom stereocenters. The summed E-state index contributed by atoms with van der Waals surface area (Å²) in [5.74, 6) is -1.08. The van der Waals surface area contributed by atoms with Gasteiger partial charge in [-0.1, -0.05) is 17.7 Å². The maximum atomic E-state index is 12.3. The molecule has 0 atom stereocenters. The van der Waals surface area contributed by atoms with Gasteiger partial charge in [-0.15, -0.1) is 0 Å². The van der Waals surface area contributed by atoms with E-state index in [1.807, 2.05) is 0 Å². The Morgan fingerprint density at radius 1 is 1.18 bits per heavy atom. The quantitative estimate of drug-likeness (QED) is 0.494. The molecule has 0 N–H and O–H groups in total. The highest BCUT2D eigenvalue weighted by Crippen LogP contribution is 2.18. The van der Waals surface area contributed by atoms with Crippen molar-refractivity contribution in [2.75, 3.05) is 0 Å². The molecule has 4 aromatic rings. The molecule has 4 rings (SSSR count). The number of carbonyl (C=O) groups excluding carboxylic acids is 1. The van der Waals surface area contributed by atoms with Gasteiger partial charge < -0.3 is 9.15 Å². The van der Waals surface area contributed by atoms with Gasteiger partial charge in [0.15, 0.2) is 5.43 Å². The number of pyridine rings is 1. The van der Waals surface area contributed by atoms with Crippen LogP contribution in [-0.4, -0.2) is 15.4 Å². The number of rotatable bonds is 3. The Bertz CT molecular complexity index is 1360. The Kier molecular flexibility index (Phi) is 4.44. The highest BCUT2D eigenvalue weighted by molar-refractivity contribution is 6.31. The Balaban J connectivity index is 1.60. The van der Waals surface area contributed by atoms with Crippen molar-refractivity contribution < 1.29 is 13.9 Å². The number of carbonyl (C=O) groups is 1. The summed E-state index contributed by atoms with van der Waals surface area (Å²) in [5, 5.41) is 0.655. The predicted molar refractivity (Wildman–Crippen MR) is 103 cm³/mol. The van der Waals surface area contributed by atoms with E-state index in [0.29, 0.717) is 16.4 Å². The van der Waals surface area contributed by atoms with Crippen molar-refractivity contribution in [3.05, 3.63) is 91.3 Å². The summed E-state index contributed by atoms with van der Waals surface area (Å²) < 4.78 is 12.1. The van der Waals surface area contributed by atoms with E-state index in [0.717, 1.165) is 11.8 Å². The summed E-state index contributed by atoms with van der Waals surface area (Å²) >= 11 is 5.87. The Morgan fingerprint density at radius 3 is 2.82 bits per heavy atom. The number of halogens is 1. The van der Waals surface area contributed by atoms with E-state index in [-0.39, 0.29) is 28.9 Å². The number of esters is 1. The van der Waals surface area contributed by atoms with Crippen molar-refractivity contribution >= 4 is 34.2 Å². The van der Waals surface area contributed by atoms with E-state index in [4.69, 9.17) is 20.8 Å². The molecule has 0 saturated carbocycles. The van der Waals surface area contributed by atoms with Crippen LogP contribution in [0.25, 0.3) is 16.6 Å². The molecule has 0 fully saturated rings. The van der Waals surface area contributed by atoms with E-state index < -0.39 is 11.4 Å². The number of aromatic nitrogens is 2. The maximum Gasteiger partial charge on any atom is 0.374 e. The summed E-state index contributed by atoms with van der Waals surface area (Å²) in [6, 6.07) is 12.1. The SMILES string of the molecule is Cc1cccc2nc(COC(=O)c3cc(=O)c4cc(Cl)ccc4o3)cc(=O)n12. The van der Waals surface area contributed by atoms with Crippen LogP contribution in [0.1, 0.15) is 21.9 Å². The standard InChI is InChI=1S/C20H13ClN2O5/c1-11-3-2-4-18-22-13(8-19(25)23(11)18)10-27-20(26)17-9-15(24)14-7-12(21)5-6-16(14)28-17/h2-9H,10H2,1H3. The molecule has 28 heavy (non-hydrogen) atoms. The van der Waals surface area contributed by atoms with Crippen LogP contribution in [0.15, 0.2) is 62.5 Å². The molecule has 0 spiro atoms. The molecule has 0 bridgehead atoms. The second-order valence-corrected chi connectivity index (χ2v) is 6.57. The molecular formula is C20H13ClN2O5. The molecule has 3 aromatic heterocycles. The molecule has 0 amide bonds. The average Bonchev–Trinajstić information content (AvgIpc) is 2.66. The molecule has 7 nitrogen and oxygen atoms in total. The second-order valence-electron chi connectivity index (χ2n) is 6.14. The number of aryl methyl sites for hydroxylation is 1. The summed E-state index contributed by atoms with van der Waals surface area (Å²) in [4.78, 5) is 41.0. The van der Waals surface area contributed by atoms with Gasteiger partial charge in [-0.05, 0) is 37.3 Å². The fourth-order valence-electron chi connectivity index (χ4n) is 2.88. The van der Waals surface area contributed by atoms with E-state index in [1.54, 1.807) is 31.2 Å². The van der Waals surface area contributed by atoms with Crippen LogP contribution >= 0.6 is 11.6 Å². The summed E-state index contributed by atoms with van der Waals surface area (Å²) in [7, 11) is 0. The van der Waals surface area contributed by atoms with Crippen LogP contribution in [0, 0.1) is 6.92 Å². The molecule has 140 valence electrons. The lowest BCUT2D eigenvalue weighted by Crippen LogP contribution is -2.18. The monoisotopic (exact) mass is 396 g/mol. The first kappa shape index (κ1) is 17.9. The minimum Gasteiger partial charge on any atom is -0.453 e. The Labute approximate surface area is 162 Å². The number of hydrogen-bond acceptors (Lipinski definition) is 6. The third-order valence-corrected chi connectivity index (χ3v) is 4.41. The highest BCUT2D eigenvalue weighted by Gasteiger charge is 2.15. The van der Waals surface area contributed by atoms with Crippen molar-refractivity contribution in [1.82, 2.24) is 9.38 Å². The van der Waals surface area contributed by atoms with Crippen LogP contribution in [0.4, 0.5) is 0 Å². The molecule has 1 aromatic carbocycles. The number of nitrogens with zero attached hydrogens (tertiary/aromatic N) is 2. The zero-order valence-electron chi connectivity index (χ0n) is 14.6. The highest BCUT2D eigenvalue weighted by atomic mass is 35.5. The van der Waals surface area contributed by atoms with E-state index in [1.165, 1.54) is 22.6 Å². The molecule has 0 aliphatic rings. The van der Waals surface area contributed by atoms with E-state index >= 15 is 0 Å². The minimum atomic E-state index is -0.833. The molecule has 0 aliphatic heterocycles. The van der Waals surface area contributed by atoms with Gasteiger partial charge in [0.1, 0.15) is 17.8 Å². The normalized spacial score (nSPS) is 11.1. The van der Waals surface area contributed by atoms with Gasteiger partial charge in [0.2, 0.25) is 5.76 Å². The van der Waals surface area contributed by atoms with Crippen LogP contribution < -0.4 is 11.0 Å². The average molecular weight is 397 g/mol. The number of hydrogen-bond donors (Lipinski definition) is 0. The first-order valence-electron chi connectivity index (χ1n) is 8.31. The van der Waals surface area contributed by atoms with Crippen molar-refractivity contribution in [2.24, 2.45) is 0 Å². The summed E-state index contributed by atoms with van der Waals surface area (Å²) in [6.45, 7) is 1.56. The number of fused-ring (bicyclic) bond motifs is 2. The van der Waals surface area contributed by atoms with E-state index in [2.05, 4.69) is 4.98 Å². The molecule has 0 radical (unpaired) electrons. The van der Waals surface area contributed by atoms with Gasteiger partial charge in [-0.25, -0.2) is 9.78 Å². The third-order valence-electron chi connectivity index (χ3n) is 4.17. The minimum absolute atomic E-state index is 0.224. The molecule has 0 aliphatic carbocycles. The summed E-state index contributed by atoms with van der Waals surface area (Å²) in [6.07, 6.45) is 0. The maximum absolute atomic E-state index is 12.3. The van der Waals surface area contributed by atoms with Gasteiger partial charge in [-0.3, -0.25) is 14.0 Å². The lowest BCUT2D eigenvalue weighted by Gasteiger charge is -2.07. The van der Waals surface area contributed by atoms with Crippen LogP contribution in [-0.2, 0) is 11.3 Å². The van der Waals surface area contributed by atoms with Gasteiger partial charge in [0.05, 0.1) is 11.1 Å². The molecular weight excluding hydrogens is 384 g/mol. The van der Waals surface area contributed by atoms with Crippen molar-refractivity contribution in [2.45, 2.75) is 13.5 Å². The predicted octanol–water partition coefficient (Wildman–Crippen LogP) is 3.12. The van der Waals surface area contributed by atoms with Gasteiger partial charge in [0, 0.05) is 22.8 Å². The topological polar surface area (TPSA) is 90.9 Å². The van der Waals surface area contributed by atoms with E-state index in [9.17, 15) is 14.4 Å². The lowest BCUT2D eigenvalue weighted by molar-refractivity contribution is 0.0431. The molecule has 0 saturated heterocycles. The molecule has 3 heterocycles. The zero-order valence-corrected chi connectivity index (χ0v) is 15.4. The first-order chi connectivity index (χ1) is 13.4. The zero-order chi connectivity index (χ0) is 19.8. The Morgan fingerprint density at radius 2 is 2.00 bits per heavy atom. The van der Waals surface area contributed by atoms with Gasteiger partial charge in [-0.2, -0.15) is 0 Å². The van der Waals surface area contributed by atoms with Crippen molar-refractivity contribution in [3.8, 4) is 0 Å². The summed E-state index contributed by atoms with van der Waals surface area (Å²) in [5.41, 5.74) is 1.03. The van der Waals surface area contributed by atoms with Crippen molar-refractivity contribution in [3.63, 3.8) is 0 Å². The van der Waals surface area contributed by atoms with Crippen LogP contribution in [0.3, 0.4) is 0 Å². The largest absolute Gasteiger partial charge is 0.453 e. The van der Waals surface area contributed by atoms with Crippen LogP contribution in [0.5, 0.6) is 0 Å². The van der Waals surface area contributed by atoms with Gasteiger partial charge in [0.25, 0.3) is 5.56 Å². The fraction of sp³-hybridized carbons (Fsp3) is 0.100. The van der Waals surface area contributed by atoms with Crippen molar-refractivity contribution in [1.29, 1.82) is 0 Å². The van der Waals surface area contributed by atoms with Crippen LogP contribution in [0.2, 0.25) is 5.02 Å². The second kappa shape index (κ2) is 6.94. The fourth-order valence-corrected chi connectivity index (χ4v) is 3.05. The number of benzene rings is 1. The number of ether oxygens (including phenoxy) is 1. The molecule has 8 heteroatoms. The lowest BCUT2D eigenvalue weighted by atomic mass is 10.2.